The minimum atomic E-state index is 0.528. The van der Waals surface area contributed by atoms with Crippen LogP contribution in [0.5, 0.6) is 0 Å². The molecule has 0 saturated carbocycles. The quantitative estimate of drug-likeness (QED) is 0.676. The lowest BCUT2D eigenvalue weighted by atomic mass is 10.3. The fourth-order valence-corrected chi connectivity index (χ4v) is 3.57. The van der Waals surface area contributed by atoms with Crippen LogP contribution < -0.4 is 5.32 Å². The average Bonchev–Trinajstić information content (AvgIpc) is 2.86. The van der Waals surface area contributed by atoms with Crippen molar-refractivity contribution in [2.24, 2.45) is 0 Å². The molecular formula is C14H19ClN4OS. The molecule has 2 aromatic rings. The van der Waals surface area contributed by atoms with E-state index in [2.05, 4.69) is 27.1 Å². The van der Waals surface area contributed by atoms with Crippen LogP contribution in [0.25, 0.3) is 10.2 Å². The van der Waals surface area contributed by atoms with Gasteiger partial charge in [0.05, 0.1) is 13.2 Å². The number of aromatic nitrogens is 2. The maximum atomic E-state index is 6.20. The van der Waals surface area contributed by atoms with Crippen molar-refractivity contribution in [2.45, 2.75) is 13.3 Å². The minimum Gasteiger partial charge on any atom is -0.379 e. The second kappa shape index (κ2) is 6.87. The number of hydrogen-bond acceptors (Lipinski definition) is 6. The van der Waals surface area contributed by atoms with E-state index in [4.69, 9.17) is 16.3 Å². The van der Waals surface area contributed by atoms with Crippen LogP contribution in [0.1, 0.15) is 11.3 Å². The predicted molar refractivity (Wildman–Crippen MR) is 87.5 cm³/mol. The van der Waals surface area contributed by atoms with E-state index in [0.29, 0.717) is 11.1 Å². The van der Waals surface area contributed by atoms with Crippen molar-refractivity contribution in [3.63, 3.8) is 0 Å². The van der Waals surface area contributed by atoms with Crippen LogP contribution in [0.4, 0.5) is 5.95 Å². The zero-order chi connectivity index (χ0) is 14.7. The lowest BCUT2D eigenvalue weighted by molar-refractivity contribution is 0.0378. The number of halogens is 1. The molecule has 114 valence electrons. The summed E-state index contributed by atoms with van der Waals surface area (Å²) in [5.74, 6) is 0.622. The smallest absolute Gasteiger partial charge is 0.225 e. The zero-order valence-corrected chi connectivity index (χ0v) is 13.6. The first kappa shape index (κ1) is 15.0. The van der Waals surface area contributed by atoms with Crippen molar-refractivity contribution in [2.75, 3.05) is 44.7 Å². The number of ether oxygens (including phenoxy) is 1. The fraction of sp³-hybridized carbons (Fsp3) is 0.571. The highest BCUT2D eigenvalue weighted by Crippen LogP contribution is 2.29. The standard InChI is InChI=1S/C14H19ClN4OS/c1-10-9-11-12(15)17-14(18-13(11)21-10)16-3-2-4-19-5-7-20-8-6-19/h9H,2-8H2,1H3,(H,16,17,18). The fourth-order valence-electron chi connectivity index (χ4n) is 2.41. The van der Waals surface area contributed by atoms with E-state index in [-0.39, 0.29) is 0 Å². The van der Waals surface area contributed by atoms with Crippen LogP contribution in [0.3, 0.4) is 0 Å². The number of nitrogens with one attached hydrogen (secondary N) is 1. The lowest BCUT2D eigenvalue weighted by Crippen LogP contribution is -2.37. The van der Waals surface area contributed by atoms with Crippen molar-refractivity contribution in [1.29, 1.82) is 0 Å². The summed E-state index contributed by atoms with van der Waals surface area (Å²) in [7, 11) is 0. The zero-order valence-electron chi connectivity index (χ0n) is 12.1. The first-order valence-corrected chi connectivity index (χ1v) is 8.39. The molecule has 7 heteroatoms. The summed E-state index contributed by atoms with van der Waals surface area (Å²) in [6.07, 6.45) is 1.06. The number of fused-ring (bicyclic) bond motifs is 1. The van der Waals surface area contributed by atoms with E-state index < -0.39 is 0 Å². The molecule has 2 aromatic heterocycles. The molecule has 0 radical (unpaired) electrons. The first-order chi connectivity index (χ1) is 10.2. The molecule has 3 rings (SSSR count). The number of hydrogen-bond donors (Lipinski definition) is 1. The highest BCUT2D eigenvalue weighted by Gasteiger charge is 2.10. The van der Waals surface area contributed by atoms with Crippen LogP contribution in [-0.2, 0) is 4.74 Å². The summed E-state index contributed by atoms with van der Waals surface area (Å²) < 4.78 is 5.34. The minimum absolute atomic E-state index is 0.528. The molecule has 1 saturated heterocycles. The van der Waals surface area contributed by atoms with Crippen molar-refractivity contribution < 1.29 is 4.74 Å². The Balaban J connectivity index is 1.53. The van der Waals surface area contributed by atoms with Crippen LogP contribution in [0.15, 0.2) is 6.07 Å². The number of thiophene rings is 1. The molecule has 0 amide bonds. The van der Waals surface area contributed by atoms with Gasteiger partial charge in [0.15, 0.2) is 0 Å². The van der Waals surface area contributed by atoms with E-state index in [1.54, 1.807) is 11.3 Å². The Morgan fingerprint density at radius 3 is 3.00 bits per heavy atom. The van der Waals surface area contributed by atoms with Gasteiger partial charge in [0.25, 0.3) is 0 Å². The summed E-state index contributed by atoms with van der Waals surface area (Å²) in [5.41, 5.74) is 0. The van der Waals surface area contributed by atoms with Crippen LogP contribution in [-0.4, -0.2) is 54.3 Å². The number of aryl methyl sites for hydroxylation is 1. The highest BCUT2D eigenvalue weighted by atomic mass is 35.5. The molecule has 1 aliphatic rings. The molecule has 0 aromatic carbocycles. The van der Waals surface area contributed by atoms with Gasteiger partial charge in [-0.2, -0.15) is 0 Å². The Labute approximate surface area is 133 Å². The molecule has 0 aliphatic carbocycles. The van der Waals surface area contributed by atoms with Gasteiger partial charge in [-0.05, 0) is 26.0 Å². The van der Waals surface area contributed by atoms with Gasteiger partial charge in [-0.3, -0.25) is 4.90 Å². The molecule has 1 fully saturated rings. The van der Waals surface area contributed by atoms with Crippen LogP contribution in [0.2, 0.25) is 5.15 Å². The largest absolute Gasteiger partial charge is 0.379 e. The van der Waals surface area contributed by atoms with Gasteiger partial charge < -0.3 is 10.1 Å². The molecule has 3 heterocycles. The lowest BCUT2D eigenvalue weighted by Gasteiger charge is -2.26. The third-order valence-corrected chi connectivity index (χ3v) is 4.74. The normalized spacial score (nSPS) is 16.5. The van der Waals surface area contributed by atoms with Crippen LogP contribution in [0, 0.1) is 6.92 Å². The predicted octanol–water partition coefficient (Wildman–Crippen LogP) is 2.79. The maximum absolute atomic E-state index is 6.20. The van der Waals surface area contributed by atoms with Gasteiger partial charge in [-0.25, -0.2) is 9.97 Å². The second-order valence-corrected chi connectivity index (χ2v) is 6.74. The topological polar surface area (TPSA) is 50.3 Å². The van der Waals surface area contributed by atoms with Crippen molar-refractivity contribution >= 4 is 39.1 Å². The Morgan fingerprint density at radius 1 is 1.38 bits per heavy atom. The van der Waals surface area contributed by atoms with Gasteiger partial charge in [0.1, 0.15) is 9.98 Å². The number of morpholine rings is 1. The molecule has 0 atom stereocenters. The van der Waals surface area contributed by atoms with Crippen LogP contribution >= 0.6 is 22.9 Å². The molecule has 0 bridgehead atoms. The summed E-state index contributed by atoms with van der Waals surface area (Å²) >= 11 is 7.85. The van der Waals surface area contributed by atoms with Crippen molar-refractivity contribution in [1.82, 2.24) is 14.9 Å². The molecule has 21 heavy (non-hydrogen) atoms. The van der Waals surface area contributed by atoms with Gasteiger partial charge in [0.2, 0.25) is 5.95 Å². The number of anilines is 1. The number of rotatable bonds is 5. The van der Waals surface area contributed by atoms with E-state index in [0.717, 1.165) is 56.0 Å². The Kier molecular flexibility index (Phi) is 4.90. The Hall–Kier alpha value is -0.950. The molecular weight excluding hydrogens is 308 g/mol. The van der Waals surface area contributed by atoms with Crippen molar-refractivity contribution in [3.05, 3.63) is 16.1 Å². The molecule has 5 nitrogen and oxygen atoms in total. The third-order valence-electron chi connectivity index (χ3n) is 3.51. The number of nitrogens with zero attached hydrogens (tertiary/aromatic N) is 3. The van der Waals surface area contributed by atoms with Gasteiger partial charge in [0, 0.05) is 29.9 Å². The Bertz CT molecular complexity index is 612. The van der Waals surface area contributed by atoms with Gasteiger partial charge >= 0.3 is 0 Å². The van der Waals surface area contributed by atoms with Gasteiger partial charge in [-0.1, -0.05) is 11.6 Å². The monoisotopic (exact) mass is 326 g/mol. The van der Waals surface area contributed by atoms with Gasteiger partial charge in [-0.15, -0.1) is 11.3 Å². The maximum Gasteiger partial charge on any atom is 0.225 e. The average molecular weight is 327 g/mol. The summed E-state index contributed by atoms with van der Waals surface area (Å²) in [6, 6.07) is 2.03. The SMILES string of the molecule is Cc1cc2c(Cl)nc(NCCCN3CCOCC3)nc2s1. The van der Waals surface area contributed by atoms with E-state index in [1.807, 2.05) is 6.07 Å². The molecule has 0 spiro atoms. The molecule has 1 aliphatic heterocycles. The molecule has 0 unspecified atom stereocenters. The summed E-state index contributed by atoms with van der Waals surface area (Å²) in [6.45, 7) is 7.73. The van der Waals surface area contributed by atoms with E-state index >= 15 is 0 Å². The highest BCUT2D eigenvalue weighted by molar-refractivity contribution is 7.18. The molecule has 1 N–H and O–H groups in total. The Morgan fingerprint density at radius 2 is 2.19 bits per heavy atom. The summed E-state index contributed by atoms with van der Waals surface area (Å²) in [4.78, 5) is 13.4. The second-order valence-electron chi connectivity index (χ2n) is 5.15. The third kappa shape index (κ3) is 3.83. The van der Waals surface area contributed by atoms with E-state index in [1.165, 1.54) is 4.88 Å². The van der Waals surface area contributed by atoms with E-state index in [9.17, 15) is 0 Å². The van der Waals surface area contributed by atoms with Crippen molar-refractivity contribution in [3.8, 4) is 0 Å². The first-order valence-electron chi connectivity index (χ1n) is 7.20. The summed E-state index contributed by atoms with van der Waals surface area (Å²) in [5, 5.41) is 4.74.